The zero-order chi connectivity index (χ0) is 12.3. The number of nitrogens with one attached hydrogen (secondary N) is 1. The van der Waals surface area contributed by atoms with Crippen molar-refractivity contribution in [3.05, 3.63) is 45.7 Å². The summed E-state index contributed by atoms with van der Waals surface area (Å²) in [5, 5.41) is 8.28. The van der Waals surface area contributed by atoms with Gasteiger partial charge < -0.3 is 5.32 Å². The minimum atomic E-state index is 0.717. The molecule has 0 radical (unpaired) electrons. The van der Waals surface area contributed by atoms with Crippen LogP contribution in [0.5, 0.6) is 0 Å². The molecule has 5 heteroatoms. The van der Waals surface area contributed by atoms with E-state index in [1.807, 2.05) is 35.1 Å². The summed E-state index contributed by atoms with van der Waals surface area (Å²) in [6.45, 7) is 3.71. The number of benzene rings is 1. The number of hydrogen-bond donors (Lipinski definition) is 1. The summed E-state index contributed by atoms with van der Waals surface area (Å²) in [4.78, 5) is 0. The molecule has 17 heavy (non-hydrogen) atoms. The summed E-state index contributed by atoms with van der Waals surface area (Å²) in [6.07, 6.45) is 1.82. The molecule has 0 spiro atoms. The van der Waals surface area contributed by atoms with E-state index in [0.717, 1.165) is 23.2 Å². The van der Waals surface area contributed by atoms with E-state index in [2.05, 4.69) is 33.3 Å². The Morgan fingerprint density at radius 2 is 2.24 bits per heavy atom. The first-order valence-electron chi connectivity index (χ1n) is 5.40. The molecule has 0 amide bonds. The van der Waals surface area contributed by atoms with Gasteiger partial charge in [0.25, 0.3) is 0 Å². The molecular formula is C12H13BrClN3. The second kappa shape index (κ2) is 5.56. The molecule has 90 valence electrons. The molecule has 1 aromatic carbocycles. The van der Waals surface area contributed by atoms with Gasteiger partial charge >= 0.3 is 0 Å². The second-order valence-electron chi connectivity index (χ2n) is 3.62. The zero-order valence-electron chi connectivity index (χ0n) is 9.45. The van der Waals surface area contributed by atoms with Crippen LogP contribution < -0.4 is 5.32 Å². The Morgan fingerprint density at radius 3 is 2.94 bits per heavy atom. The first-order chi connectivity index (χ1) is 8.20. The van der Waals surface area contributed by atoms with Crippen LogP contribution in [0.15, 0.2) is 34.9 Å². The van der Waals surface area contributed by atoms with Gasteiger partial charge in [0.15, 0.2) is 0 Å². The highest BCUT2D eigenvalue weighted by Crippen LogP contribution is 2.25. The molecule has 0 saturated heterocycles. The Hall–Kier alpha value is -1.000. The Balaban J connectivity index is 2.05. The standard InChI is InChI=1S/C12H13BrClN3/c1-2-17-10(5-6-16-17)8-15-9-3-4-12(14)11(13)7-9/h3-7,15H,2,8H2,1H3. The second-order valence-corrected chi connectivity index (χ2v) is 4.88. The third-order valence-electron chi connectivity index (χ3n) is 2.50. The van der Waals surface area contributed by atoms with Crippen LogP contribution in [-0.4, -0.2) is 9.78 Å². The maximum atomic E-state index is 5.94. The van der Waals surface area contributed by atoms with E-state index in [1.54, 1.807) is 0 Å². The Morgan fingerprint density at radius 1 is 1.41 bits per heavy atom. The van der Waals surface area contributed by atoms with Crippen molar-refractivity contribution in [2.45, 2.75) is 20.0 Å². The van der Waals surface area contributed by atoms with Crippen molar-refractivity contribution in [3.63, 3.8) is 0 Å². The molecule has 0 fully saturated rings. The van der Waals surface area contributed by atoms with Crippen LogP contribution in [0.2, 0.25) is 5.02 Å². The SMILES string of the molecule is CCn1nccc1CNc1ccc(Cl)c(Br)c1. The molecule has 2 aromatic rings. The van der Waals surface area contributed by atoms with Gasteiger partial charge in [-0.25, -0.2) is 0 Å². The van der Waals surface area contributed by atoms with Crippen molar-refractivity contribution in [3.8, 4) is 0 Å². The quantitative estimate of drug-likeness (QED) is 0.926. The Kier molecular flexibility index (Phi) is 4.07. The average molecular weight is 315 g/mol. The molecule has 0 bridgehead atoms. The molecule has 0 aliphatic heterocycles. The van der Waals surface area contributed by atoms with E-state index in [9.17, 15) is 0 Å². The van der Waals surface area contributed by atoms with Crippen molar-refractivity contribution >= 4 is 33.2 Å². The van der Waals surface area contributed by atoms with Crippen molar-refractivity contribution in [1.29, 1.82) is 0 Å². The number of hydrogen-bond acceptors (Lipinski definition) is 2. The predicted molar refractivity (Wildman–Crippen MR) is 74.4 cm³/mol. The van der Waals surface area contributed by atoms with Gasteiger partial charge in [-0.05, 0) is 47.1 Å². The number of anilines is 1. The normalized spacial score (nSPS) is 10.5. The monoisotopic (exact) mass is 313 g/mol. The fraction of sp³-hybridized carbons (Fsp3) is 0.250. The van der Waals surface area contributed by atoms with Crippen LogP contribution >= 0.6 is 27.5 Å². The molecule has 3 nitrogen and oxygen atoms in total. The minimum absolute atomic E-state index is 0.717. The summed E-state index contributed by atoms with van der Waals surface area (Å²) in [5.41, 5.74) is 2.20. The Labute approximate surface area is 114 Å². The fourth-order valence-corrected chi connectivity index (χ4v) is 2.09. The van der Waals surface area contributed by atoms with Crippen molar-refractivity contribution in [2.24, 2.45) is 0 Å². The lowest BCUT2D eigenvalue weighted by Gasteiger charge is -2.08. The molecule has 0 atom stereocenters. The lowest BCUT2D eigenvalue weighted by Crippen LogP contribution is -2.07. The fourth-order valence-electron chi connectivity index (χ4n) is 1.59. The van der Waals surface area contributed by atoms with Crippen LogP contribution in [0.3, 0.4) is 0 Å². The molecule has 0 aliphatic carbocycles. The molecule has 1 heterocycles. The Bertz CT molecular complexity index is 510. The lowest BCUT2D eigenvalue weighted by atomic mass is 10.3. The maximum Gasteiger partial charge on any atom is 0.0575 e. The smallest absolute Gasteiger partial charge is 0.0575 e. The van der Waals surface area contributed by atoms with Gasteiger partial charge in [-0.2, -0.15) is 5.10 Å². The zero-order valence-corrected chi connectivity index (χ0v) is 11.8. The molecule has 1 aromatic heterocycles. The lowest BCUT2D eigenvalue weighted by molar-refractivity contribution is 0.627. The number of rotatable bonds is 4. The number of aryl methyl sites for hydroxylation is 1. The summed E-state index contributed by atoms with van der Waals surface area (Å²) in [7, 11) is 0. The van der Waals surface area contributed by atoms with Gasteiger partial charge in [-0.1, -0.05) is 11.6 Å². The summed E-state index contributed by atoms with van der Waals surface area (Å²) in [5.74, 6) is 0. The van der Waals surface area contributed by atoms with Crippen LogP contribution in [-0.2, 0) is 13.1 Å². The summed E-state index contributed by atoms with van der Waals surface area (Å²) in [6, 6.07) is 7.81. The predicted octanol–water partition coefficient (Wildman–Crippen LogP) is 3.93. The van der Waals surface area contributed by atoms with Crippen LogP contribution in [0.1, 0.15) is 12.6 Å². The first kappa shape index (κ1) is 12.5. The van der Waals surface area contributed by atoms with Gasteiger partial charge in [0.2, 0.25) is 0 Å². The van der Waals surface area contributed by atoms with Crippen LogP contribution in [0.4, 0.5) is 5.69 Å². The van der Waals surface area contributed by atoms with Gasteiger partial charge in [-0.15, -0.1) is 0 Å². The molecule has 2 rings (SSSR count). The molecule has 1 N–H and O–H groups in total. The first-order valence-corrected chi connectivity index (χ1v) is 6.57. The highest BCUT2D eigenvalue weighted by molar-refractivity contribution is 9.10. The topological polar surface area (TPSA) is 29.9 Å². The van der Waals surface area contributed by atoms with E-state index in [-0.39, 0.29) is 0 Å². The minimum Gasteiger partial charge on any atom is -0.379 e. The van der Waals surface area contributed by atoms with Crippen molar-refractivity contribution < 1.29 is 0 Å². The third kappa shape index (κ3) is 3.01. The molecule has 0 unspecified atom stereocenters. The van der Waals surface area contributed by atoms with Gasteiger partial charge in [0.05, 0.1) is 17.3 Å². The molecule has 0 aliphatic rings. The van der Waals surface area contributed by atoms with E-state index in [0.29, 0.717) is 5.02 Å². The van der Waals surface area contributed by atoms with Crippen LogP contribution in [0.25, 0.3) is 0 Å². The van der Waals surface area contributed by atoms with E-state index in [1.165, 1.54) is 5.69 Å². The van der Waals surface area contributed by atoms with E-state index in [4.69, 9.17) is 11.6 Å². The molecular weight excluding hydrogens is 302 g/mol. The van der Waals surface area contributed by atoms with Crippen molar-refractivity contribution in [1.82, 2.24) is 9.78 Å². The van der Waals surface area contributed by atoms with Gasteiger partial charge in [0.1, 0.15) is 0 Å². The summed E-state index contributed by atoms with van der Waals surface area (Å²) < 4.78 is 2.87. The average Bonchev–Trinajstić information content (AvgIpc) is 2.78. The van der Waals surface area contributed by atoms with Gasteiger partial charge in [0, 0.05) is 22.9 Å². The maximum absolute atomic E-state index is 5.94. The number of aromatic nitrogens is 2. The number of halogens is 2. The van der Waals surface area contributed by atoms with Crippen molar-refractivity contribution in [2.75, 3.05) is 5.32 Å². The van der Waals surface area contributed by atoms with E-state index < -0.39 is 0 Å². The van der Waals surface area contributed by atoms with Crippen LogP contribution in [0, 0.1) is 0 Å². The highest BCUT2D eigenvalue weighted by atomic mass is 79.9. The number of nitrogens with zero attached hydrogens (tertiary/aromatic N) is 2. The largest absolute Gasteiger partial charge is 0.379 e. The highest BCUT2D eigenvalue weighted by Gasteiger charge is 2.02. The van der Waals surface area contributed by atoms with Gasteiger partial charge in [-0.3, -0.25) is 4.68 Å². The van der Waals surface area contributed by atoms with E-state index >= 15 is 0 Å². The summed E-state index contributed by atoms with van der Waals surface area (Å²) >= 11 is 9.34. The third-order valence-corrected chi connectivity index (χ3v) is 3.71. The molecule has 0 saturated carbocycles.